The first-order valence-corrected chi connectivity index (χ1v) is 9.78. The molecule has 0 radical (unpaired) electrons. The highest BCUT2D eigenvalue weighted by atomic mass is 19.3. The van der Waals surface area contributed by atoms with Gasteiger partial charge in [-0.05, 0) is 30.7 Å². The highest BCUT2D eigenvalue weighted by Gasteiger charge is 2.26. The van der Waals surface area contributed by atoms with E-state index in [0.29, 0.717) is 17.9 Å². The molecule has 1 aliphatic rings. The van der Waals surface area contributed by atoms with Gasteiger partial charge in [-0.25, -0.2) is 8.78 Å². The summed E-state index contributed by atoms with van der Waals surface area (Å²) in [6.45, 7) is 2.42. The molecule has 0 aromatic heterocycles. The molecule has 0 saturated carbocycles. The van der Waals surface area contributed by atoms with E-state index in [0.717, 1.165) is 5.56 Å². The summed E-state index contributed by atoms with van der Waals surface area (Å²) in [7, 11) is 0. The van der Waals surface area contributed by atoms with E-state index < -0.39 is 6.43 Å². The van der Waals surface area contributed by atoms with Gasteiger partial charge in [-0.2, -0.15) is 0 Å². The number of anilines is 1. The van der Waals surface area contributed by atoms with Crippen molar-refractivity contribution >= 4 is 11.6 Å². The number of alkyl halides is 2. The van der Waals surface area contributed by atoms with Gasteiger partial charge in [-0.1, -0.05) is 78.9 Å². The monoisotopic (exact) mass is 406 g/mol. The molecule has 30 heavy (non-hydrogen) atoms. The summed E-state index contributed by atoms with van der Waals surface area (Å²) in [4.78, 5) is 14.1. The molecule has 0 aliphatic carbocycles. The van der Waals surface area contributed by atoms with E-state index in [1.807, 2.05) is 79.7 Å². The maximum Gasteiger partial charge on any atom is 0.274 e. The molecule has 0 saturated heterocycles. The fraction of sp³-hybridized carbons (Fsp3) is 0.160. The highest BCUT2D eigenvalue weighted by molar-refractivity contribution is 6.07. The molecule has 3 aromatic rings. The van der Waals surface area contributed by atoms with Crippen molar-refractivity contribution in [3.63, 3.8) is 0 Å². The van der Waals surface area contributed by atoms with Gasteiger partial charge in [0.15, 0.2) is 0 Å². The van der Waals surface area contributed by atoms with Crippen LogP contribution in [0.25, 0.3) is 0 Å². The second-order valence-electron chi connectivity index (χ2n) is 6.86. The molecular formula is C25H24F2N2O. The van der Waals surface area contributed by atoms with Gasteiger partial charge in [0.25, 0.3) is 12.3 Å². The van der Waals surface area contributed by atoms with Crippen LogP contribution in [0.15, 0.2) is 103 Å². The number of rotatable bonds is 5. The van der Waals surface area contributed by atoms with E-state index in [1.165, 1.54) is 12.1 Å². The van der Waals surface area contributed by atoms with Crippen LogP contribution in [0.3, 0.4) is 0 Å². The van der Waals surface area contributed by atoms with Gasteiger partial charge in [-0.3, -0.25) is 4.79 Å². The third-order valence-corrected chi connectivity index (χ3v) is 4.75. The van der Waals surface area contributed by atoms with Crippen LogP contribution in [-0.4, -0.2) is 12.5 Å². The third kappa shape index (κ3) is 5.54. The molecule has 0 bridgehead atoms. The Morgan fingerprint density at radius 2 is 1.33 bits per heavy atom. The summed E-state index contributed by atoms with van der Waals surface area (Å²) >= 11 is 0. The van der Waals surface area contributed by atoms with Crippen LogP contribution in [0.5, 0.6) is 0 Å². The van der Waals surface area contributed by atoms with E-state index in [1.54, 1.807) is 17.0 Å². The molecular weight excluding hydrogens is 382 g/mol. The Bertz CT molecular complexity index is 931. The van der Waals surface area contributed by atoms with Crippen LogP contribution in [0, 0.1) is 0 Å². The summed E-state index contributed by atoms with van der Waals surface area (Å²) < 4.78 is 25.2. The second kappa shape index (κ2) is 10.3. The van der Waals surface area contributed by atoms with Gasteiger partial charge in [0.1, 0.15) is 0 Å². The van der Waals surface area contributed by atoms with E-state index in [2.05, 4.69) is 5.32 Å². The lowest BCUT2D eigenvalue weighted by atomic mass is 10.1. The number of carbonyl (C=O) groups is 1. The average Bonchev–Trinajstić information content (AvgIpc) is 3.16. The lowest BCUT2D eigenvalue weighted by Gasteiger charge is -2.19. The Balaban J connectivity index is 0.000000367. The quantitative estimate of drug-likeness (QED) is 0.573. The van der Waals surface area contributed by atoms with Crippen molar-refractivity contribution < 1.29 is 13.6 Å². The minimum Gasteiger partial charge on any atom is -0.374 e. The predicted octanol–water partition coefficient (Wildman–Crippen LogP) is 5.89. The minimum atomic E-state index is -2.50. The molecule has 1 amide bonds. The molecule has 3 aromatic carbocycles. The standard InChI is InChI=1S/C19H18F2N2O.C6H6/c1-13(14-5-3-2-4-6-14)22-17-11-12-23(19(17)24)16-9-7-15(8-10-16)18(20)21;1-2-4-6-5-3-1/h2-11,13,18,22H,12H2,1H3;1-6H. The predicted molar refractivity (Wildman–Crippen MR) is 116 cm³/mol. The topological polar surface area (TPSA) is 32.3 Å². The summed E-state index contributed by atoms with van der Waals surface area (Å²) in [5.41, 5.74) is 2.19. The zero-order valence-electron chi connectivity index (χ0n) is 16.7. The second-order valence-corrected chi connectivity index (χ2v) is 6.86. The smallest absolute Gasteiger partial charge is 0.274 e. The number of hydrogen-bond acceptors (Lipinski definition) is 2. The molecule has 1 aliphatic heterocycles. The molecule has 1 heterocycles. The molecule has 4 rings (SSSR count). The van der Waals surface area contributed by atoms with Gasteiger partial charge in [0.2, 0.25) is 0 Å². The molecule has 1 unspecified atom stereocenters. The number of amides is 1. The van der Waals surface area contributed by atoms with E-state index in [-0.39, 0.29) is 17.5 Å². The van der Waals surface area contributed by atoms with Crippen molar-refractivity contribution in [1.82, 2.24) is 5.32 Å². The summed E-state index contributed by atoms with van der Waals surface area (Å²) in [5.74, 6) is -0.150. The number of carbonyl (C=O) groups excluding carboxylic acids is 1. The molecule has 1 N–H and O–H groups in total. The molecule has 5 heteroatoms. The average molecular weight is 406 g/mol. The summed E-state index contributed by atoms with van der Waals surface area (Å²) in [6.07, 6.45) is -0.682. The number of hydrogen-bond donors (Lipinski definition) is 1. The van der Waals surface area contributed by atoms with Crippen LogP contribution >= 0.6 is 0 Å². The fourth-order valence-electron chi connectivity index (χ4n) is 3.08. The van der Waals surface area contributed by atoms with Crippen LogP contribution in [0.4, 0.5) is 14.5 Å². The maximum absolute atomic E-state index is 12.6. The van der Waals surface area contributed by atoms with E-state index in [4.69, 9.17) is 0 Å². The van der Waals surface area contributed by atoms with Crippen LogP contribution < -0.4 is 10.2 Å². The minimum absolute atomic E-state index is 0.00237. The zero-order chi connectivity index (χ0) is 21.3. The maximum atomic E-state index is 12.6. The molecule has 1 atom stereocenters. The van der Waals surface area contributed by atoms with E-state index in [9.17, 15) is 13.6 Å². The van der Waals surface area contributed by atoms with Crippen LogP contribution in [0.2, 0.25) is 0 Å². The van der Waals surface area contributed by atoms with Crippen LogP contribution in [-0.2, 0) is 4.79 Å². The Morgan fingerprint density at radius 3 is 1.87 bits per heavy atom. The number of benzene rings is 3. The Kier molecular flexibility index (Phi) is 7.33. The normalized spacial score (nSPS) is 14.1. The van der Waals surface area contributed by atoms with Gasteiger partial charge < -0.3 is 10.2 Å². The zero-order valence-corrected chi connectivity index (χ0v) is 16.7. The largest absolute Gasteiger partial charge is 0.374 e. The van der Waals surface area contributed by atoms with Gasteiger partial charge in [0.05, 0.1) is 5.70 Å². The fourth-order valence-corrected chi connectivity index (χ4v) is 3.08. The van der Waals surface area contributed by atoms with Gasteiger partial charge in [-0.15, -0.1) is 0 Å². The van der Waals surface area contributed by atoms with E-state index >= 15 is 0 Å². The van der Waals surface area contributed by atoms with Gasteiger partial charge >= 0.3 is 0 Å². The van der Waals surface area contributed by atoms with Crippen molar-refractivity contribution in [2.24, 2.45) is 0 Å². The molecule has 154 valence electrons. The SMILES string of the molecule is CC(NC1=CCN(c2ccc(C(F)F)cc2)C1=O)c1ccccc1.c1ccccc1. The first-order chi connectivity index (χ1) is 14.6. The lowest BCUT2D eigenvalue weighted by molar-refractivity contribution is -0.114. The van der Waals surface area contributed by atoms with Crippen LogP contribution in [0.1, 0.15) is 30.5 Å². The number of halogens is 2. The Hall–Kier alpha value is -3.47. The first kappa shape index (κ1) is 21.2. The Labute approximate surface area is 175 Å². The highest BCUT2D eigenvalue weighted by Crippen LogP contribution is 2.26. The van der Waals surface area contributed by atoms with Crippen molar-refractivity contribution in [3.05, 3.63) is 114 Å². The van der Waals surface area contributed by atoms with Crippen molar-refractivity contribution in [1.29, 1.82) is 0 Å². The number of nitrogens with zero attached hydrogens (tertiary/aromatic N) is 1. The van der Waals surface area contributed by atoms with Gasteiger partial charge in [0, 0.05) is 23.8 Å². The van der Waals surface area contributed by atoms with Crippen molar-refractivity contribution in [2.75, 3.05) is 11.4 Å². The van der Waals surface area contributed by atoms with Crippen molar-refractivity contribution in [3.8, 4) is 0 Å². The number of nitrogens with one attached hydrogen (secondary N) is 1. The molecule has 0 spiro atoms. The lowest BCUT2D eigenvalue weighted by Crippen LogP contribution is -2.31. The Morgan fingerprint density at radius 1 is 0.800 bits per heavy atom. The molecule has 3 nitrogen and oxygen atoms in total. The summed E-state index contributed by atoms with van der Waals surface area (Å²) in [6, 6.07) is 27.7. The van der Waals surface area contributed by atoms with Crippen molar-refractivity contribution in [2.45, 2.75) is 19.4 Å². The molecule has 0 fully saturated rings. The summed E-state index contributed by atoms with van der Waals surface area (Å²) in [5, 5.41) is 3.22. The third-order valence-electron chi connectivity index (χ3n) is 4.75. The first-order valence-electron chi connectivity index (χ1n) is 9.78.